The summed E-state index contributed by atoms with van der Waals surface area (Å²) < 4.78 is 0. The maximum atomic E-state index is 9.87. The first-order chi connectivity index (χ1) is 6.18. The van der Waals surface area contributed by atoms with Crippen molar-refractivity contribution < 1.29 is 5.11 Å². The maximum Gasteiger partial charge on any atom is 0.0909 e. The first-order valence-electron chi connectivity index (χ1n) is 4.26. The Bertz CT molecular complexity index is 327. The number of hydrogen-bond donors (Lipinski definition) is 1. The molecule has 1 heterocycles. The second-order valence-electron chi connectivity index (χ2n) is 3.30. The first kappa shape index (κ1) is 9.38. The van der Waals surface area contributed by atoms with E-state index in [4.69, 9.17) is 11.6 Å². The highest BCUT2D eigenvalue weighted by molar-refractivity contribution is 7.99. The van der Waals surface area contributed by atoms with Gasteiger partial charge in [-0.25, -0.2) is 0 Å². The number of hydrogen-bond acceptors (Lipinski definition) is 2. The van der Waals surface area contributed by atoms with Crippen LogP contribution in [0.4, 0.5) is 0 Å². The Kier molecular flexibility index (Phi) is 2.54. The van der Waals surface area contributed by atoms with Crippen LogP contribution in [-0.4, -0.2) is 10.4 Å². The summed E-state index contributed by atoms with van der Waals surface area (Å²) in [5, 5.41) is 10.8. The number of halogens is 1. The normalized spacial score (nSPS) is 27.0. The van der Waals surface area contributed by atoms with Gasteiger partial charge in [-0.1, -0.05) is 24.6 Å². The summed E-state index contributed by atoms with van der Waals surface area (Å²) in [5.74, 6) is 0.977. The molecule has 1 aliphatic rings. The Morgan fingerprint density at radius 2 is 2.31 bits per heavy atom. The standard InChI is InChI=1S/C10H11ClOS/c1-6-10(12)9-4-8(11)3-2-7(9)5-13-6/h2-4,6,10,12H,5H2,1H3. The van der Waals surface area contributed by atoms with E-state index >= 15 is 0 Å². The van der Waals surface area contributed by atoms with E-state index in [9.17, 15) is 5.11 Å². The molecule has 0 amide bonds. The van der Waals surface area contributed by atoms with Gasteiger partial charge in [0.15, 0.2) is 0 Å². The van der Waals surface area contributed by atoms with Crippen molar-refractivity contribution >= 4 is 23.4 Å². The molecule has 0 fully saturated rings. The number of aliphatic hydroxyl groups excluding tert-OH is 1. The maximum absolute atomic E-state index is 9.87. The van der Waals surface area contributed by atoms with Crippen molar-refractivity contribution in [2.45, 2.75) is 24.0 Å². The minimum absolute atomic E-state index is 0.269. The number of benzene rings is 1. The lowest BCUT2D eigenvalue weighted by Crippen LogP contribution is -2.17. The third-order valence-electron chi connectivity index (χ3n) is 2.37. The SMILES string of the molecule is CC1SCc2ccc(Cl)cc2C1O. The molecule has 0 saturated carbocycles. The van der Waals surface area contributed by atoms with Crippen LogP contribution in [0, 0.1) is 0 Å². The van der Waals surface area contributed by atoms with Crippen molar-refractivity contribution in [3.05, 3.63) is 34.3 Å². The Morgan fingerprint density at radius 3 is 3.08 bits per heavy atom. The largest absolute Gasteiger partial charge is 0.387 e. The molecule has 70 valence electrons. The third-order valence-corrected chi connectivity index (χ3v) is 3.87. The first-order valence-corrected chi connectivity index (χ1v) is 5.69. The molecule has 2 rings (SSSR count). The summed E-state index contributed by atoms with van der Waals surface area (Å²) in [5.41, 5.74) is 2.21. The van der Waals surface area contributed by atoms with Crippen molar-refractivity contribution in [3.63, 3.8) is 0 Å². The fourth-order valence-electron chi connectivity index (χ4n) is 1.54. The molecule has 1 aliphatic heterocycles. The van der Waals surface area contributed by atoms with Crippen LogP contribution >= 0.6 is 23.4 Å². The lowest BCUT2D eigenvalue weighted by Gasteiger charge is -2.26. The van der Waals surface area contributed by atoms with Gasteiger partial charge in [-0.2, -0.15) is 11.8 Å². The molecule has 0 radical (unpaired) electrons. The highest BCUT2D eigenvalue weighted by atomic mass is 35.5. The minimum Gasteiger partial charge on any atom is -0.387 e. The Hall–Kier alpha value is -0.180. The molecule has 0 aliphatic carbocycles. The molecule has 3 heteroatoms. The van der Waals surface area contributed by atoms with Gasteiger partial charge in [0.25, 0.3) is 0 Å². The van der Waals surface area contributed by atoms with E-state index in [1.165, 1.54) is 5.56 Å². The average Bonchev–Trinajstić information content (AvgIpc) is 2.12. The van der Waals surface area contributed by atoms with Crippen LogP contribution in [0.3, 0.4) is 0 Å². The summed E-state index contributed by atoms with van der Waals surface area (Å²) in [4.78, 5) is 0. The molecule has 1 nitrogen and oxygen atoms in total. The number of aliphatic hydroxyl groups is 1. The van der Waals surface area contributed by atoms with Gasteiger partial charge in [-0.3, -0.25) is 0 Å². The van der Waals surface area contributed by atoms with Gasteiger partial charge in [0.1, 0.15) is 0 Å². The molecular formula is C10H11ClOS. The zero-order valence-corrected chi connectivity index (χ0v) is 8.90. The molecule has 13 heavy (non-hydrogen) atoms. The summed E-state index contributed by atoms with van der Waals surface area (Å²) in [6.45, 7) is 2.04. The van der Waals surface area contributed by atoms with Crippen molar-refractivity contribution in [1.82, 2.24) is 0 Å². The topological polar surface area (TPSA) is 20.2 Å². The van der Waals surface area contributed by atoms with Crippen molar-refractivity contribution in [3.8, 4) is 0 Å². The van der Waals surface area contributed by atoms with Crippen LogP contribution in [0.15, 0.2) is 18.2 Å². The van der Waals surface area contributed by atoms with Crippen LogP contribution in [0.25, 0.3) is 0 Å². The van der Waals surface area contributed by atoms with Gasteiger partial charge in [0.05, 0.1) is 6.10 Å². The van der Waals surface area contributed by atoms with Crippen molar-refractivity contribution in [2.75, 3.05) is 0 Å². The molecule has 1 aromatic carbocycles. The van der Waals surface area contributed by atoms with E-state index < -0.39 is 0 Å². The zero-order chi connectivity index (χ0) is 9.42. The van der Waals surface area contributed by atoms with Crippen molar-refractivity contribution in [2.24, 2.45) is 0 Å². The van der Waals surface area contributed by atoms with Crippen LogP contribution in [0.5, 0.6) is 0 Å². The summed E-state index contributed by atoms with van der Waals surface area (Å²) in [6.07, 6.45) is -0.368. The van der Waals surface area contributed by atoms with Gasteiger partial charge in [-0.15, -0.1) is 0 Å². The van der Waals surface area contributed by atoms with Gasteiger partial charge < -0.3 is 5.11 Å². The fraction of sp³-hybridized carbons (Fsp3) is 0.400. The zero-order valence-electron chi connectivity index (χ0n) is 7.33. The highest BCUT2D eigenvalue weighted by Gasteiger charge is 2.24. The van der Waals surface area contributed by atoms with E-state index in [1.807, 2.05) is 25.1 Å². The Morgan fingerprint density at radius 1 is 1.54 bits per heavy atom. The van der Waals surface area contributed by atoms with Gasteiger partial charge in [-0.05, 0) is 23.3 Å². The highest BCUT2D eigenvalue weighted by Crippen LogP contribution is 2.38. The molecule has 0 aromatic heterocycles. The molecule has 2 atom stereocenters. The lowest BCUT2D eigenvalue weighted by atomic mass is 10.0. The van der Waals surface area contributed by atoms with E-state index in [2.05, 4.69) is 0 Å². The molecule has 2 unspecified atom stereocenters. The summed E-state index contributed by atoms with van der Waals surface area (Å²) >= 11 is 7.65. The Labute approximate surface area is 87.1 Å². The van der Waals surface area contributed by atoms with Crippen LogP contribution < -0.4 is 0 Å². The average molecular weight is 215 g/mol. The summed E-state index contributed by atoms with van der Waals surface area (Å²) in [7, 11) is 0. The van der Waals surface area contributed by atoms with E-state index in [-0.39, 0.29) is 11.4 Å². The van der Waals surface area contributed by atoms with Crippen molar-refractivity contribution in [1.29, 1.82) is 0 Å². The predicted molar refractivity (Wildman–Crippen MR) is 57.2 cm³/mol. The third kappa shape index (κ3) is 1.71. The molecule has 1 N–H and O–H groups in total. The van der Waals surface area contributed by atoms with Crippen LogP contribution in [0.1, 0.15) is 24.2 Å². The van der Waals surface area contributed by atoms with Gasteiger partial charge in [0.2, 0.25) is 0 Å². The molecule has 0 saturated heterocycles. The number of rotatable bonds is 0. The van der Waals surface area contributed by atoms with Gasteiger partial charge in [0, 0.05) is 16.0 Å². The smallest absolute Gasteiger partial charge is 0.0909 e. The Balaban J connectivity index is 2.45. The molecule has 1 aromatic rings. The molecular weight excluding hydrogens is 204 g/mol. The monoisotopic (exact) mass is 214 g/mol. The summed E-state index contributed by atoms with van der Waals surface area (Å²) in [6, 6.07) is 5.75. The number of thioether (sulfide) groups is 1. The molecule has 0 spiro atoms. The van der Waals surface area contributed by atoms with Crippen LogP contribution in [0.2, 0.25) is 5.02 Å². The second kappa shape index (κ2) is 3.52. The molecule has 0 bridgehead atoms. The van der Waals surface area contributed by atoms with E-state index in [1.54, 1.807) is 11.8 Å². The van der Waals surface area contributed by atoms with E-state index in [0.29, 0.717) is 5.02 Å². The van der Waals surface area contributed by atoms with E-state index in [0.717, 1.165) is 11.3 Å². The quantitative estimate of drug-likeness (QED) is 0.717. The van der Waals surface area contributed by atoms with Gasteiger partial charge >= 0.3 is 0 Å². The second-order valence-corrected chi connectivity index (χ2v) is 5.11. The number of fused-ring (bicyclic) bond motifs is 1. The van der Waals surface area contributed by atoms with Crippen LogP contribution in [-0.2, 0) is 5.75 Å². The minimum atomic E-state index is -0.368. The predicted octanol–water partition coefficient (Wildman–Crippen LogP) is 3.01. The lowest BCUT2D eigenvalue weighted by molar-refractivity contribution is 0.177. The fourth-order valence-corrected chi connectivity index (χ4v) is 2.75.